The average molecular weight is 326 g/mol. The third-order valence-corrected chi connectivity index (χ3v) is 4.80. The Morgan fingerprint density at radius 3 is 3.00 bits per heavy atom. The van der Waals surface area contributed by atoms with E-state index < -0.39 is 0 Å². The summed E-state index contributed by atoms with van der Waals surface area (Å²) in [5, 5.41) is 9.70. The number of aromatic nitrogens is 4. The number of aromatic amines is 1. The van der Waals surface area contributed by atoms with Crippen molar-refractivity contribution in [2.24, 2.45) is 0 Å². The number of rotatable bonds is 6. The summed E-state index contributed by atoms with van der Waals surface area (Å²) in [5.41, 5.74) is 1.69. The number of para-hydroxylation sites is 1. The van der Waals surface area contributed by atoms with Gasteiger partial charge in [-0.25, -0.2) is 0 Å². The van der Waals surface area contributed by atoms with Crippen molar-refractivity contribution in [3.63, 3.8) is 0 Å². The molecule has 1 N–H and O–H groups in total. The average Bonchev–Trinajstić information content (AvgIpc) is 3.13. The van der Waals surface area contributed by atoms with Crippen molar-refractivity contribution in [1.82, 2.24) is 19.7 Å². The maximum absolute atomic E-state index is 12.8. The third-order valence-electron chi connectivity index (χ3n) is 3.72. The fourth-order valence-corrected chi connectivity index (χ4v) is 3.47. The number of benzene rings is 1. The number of fused-ring (bicyclic) bond motifs is 1. The van der Waals surface area contributed by atoms with E-state index in [0.29, 0.717) is 12.1 Å². The second-order valence-corrected chi connectivity index (χ2v) is 6.61. The Morgan fingerprint density at radius 2 is 2.22 bits per heavy atom. The van der Waals surface area contributed by atoms with E-state index >= 15 is 0 Å². The van der Waals surface area contributed by atoms with Crippen molar-refractivity contribution in [3.8, 4) is 0 Å². The van der Waals surface area contributed by atoms with Crippen LogP contribution in [-0.4, -0.2) is 30.8 Å². The quantitative estimate of drug-likeness (QED) is 0.427. The molecular formula is C17H18N4OS. The Bertz CT molecular complexity index is 864. The SMILES string of the molecule is C=CCn1c(C)nnc1S[C@H](C)C(=O)c1c[nH]c2ccccc12. The highest BCUT2D eigenvalue weighted by molar-refractivity contribution is 8.00. The van der Waals surface area contributed by atoms with Crippen LogP contribution >= 0.6 is 11.8 Å². The van der Waals surface area contributed by atoms with Gasteiger partial charge in [0.15, 0.2) is 10.9 Å². The molecule has 1 aromatic carbocycles. The first kappa shape index (κ1) is 15.6. The van der Waals surface area contributed by atoms with E-state index in [1.165, 1.54) is 11.8 Å². The van der Waals surface area contributed by atoms with Crippen molar-refractivity contribution in [2.75, 3.05) is 0 Å². The van der Waals surface area contributed by atoms with Crippen LogP contribution in [0.15, 0.2) is 48.3 Å². The lowest BCUT2D eigenvalue weighted by molar-refractivity contribution is 0.0995. The summed E-state index contributed by atoms with van der Waals surface area (Å²) >= 11 is 1.42. The predicted molar refractivity (Wildman–Crippen MR) is 92.9 cm³/mol. The van der Waals surface area contributed by atoms with Crippen LogP contribution in [-0.2, 0) is 6.54 Å². The van der Waals surface area contributed by atoms with Gasteiger partial charge >= 0.3 is 0 Å². The summed E-state index contributed by atoms with van der Waals surface area (Å²) in [6.07, 6.45) is 3.58. The number of Topliss-reactive ketones (excluding diaryl/α,β-unsaturated/α-hetero) is 1. The summed E-state index contributed by atoms with van der Waals surface area (Å²) in [6.45, 7) is 8.18. The number of nitrogens with zero attached hydrogens (tertiary/aromatic N) is 3. The number of H-pyrrole nitrogens is 1. The van der Waals surface area contributed by atoms with Gasteiger partial charge in [-0.1, -0.05) is 36.0 Å². The van der Waals surface area contributed by atoms with Crippen LogP contribution in [0.1, 0.15) is 23.1 Å². The van der Waals surface area contributed by atoms with Crippen LogP contribution in [0.3, 0.4) is 0 Å². The van der Waals surface area contributed by atoms with Crippen LogP contribution in [0.5, 0.6) is 0 Å². The van der Waals surface area contributed by atoms with Gasteiger partial charge in [-0.05, 0) is 19.9 Å². The van der Waals surface area contributed by atoms with E-state index in [1.54, 1.807) is 12.3 Å². The maximum atomic E-state index is 12.8. The van der Waals surface area contributed by atoms with Gasteiger partial charge in [0.2, 0.25) is 0 Å². The van der Waals surface area contributed by atoms with Gasteiger partial charge in [-0.15, -0.1) is 16.8 Å². The van der Waals surface area contributed by atoms with E-state index in [2.05, 4.69) is 21.8 Å². The van der Waals surface area contributed by atoms with Crippen LogP contribution in [0.4, 0.5) is 0 Å². The minimum atomic E-state index is -0.249. The zero-order valence-corrected chi connectivity index (χ0v) is 13.9. The third kappa shape index (κ3) is 2.94. The first-order chi connectivity index (χ1) is 11.1. The molecule has 0 saturated heterocycles. The Hall–Kier alpha value is -2.34. The van der Waals surface area contributed by atoms with Crippen molar-refractivity contribution < 1.29 is 4.79 Å². The lowest BCUT2D eigenvalue weighted by Gasteiger charge is -2.10. The molecule has 0 spiro atoms. The minimum absolute atomic E-state index is 0.0817. The van der Waals surface area contributed by atoms with Crippen molar-refractivity contribution in [2.45, 2.75) is 30.8 Å². The molecule has 0 bridgehead atoms. The fraction of sp³-hybridized carbons (Fsp3) is 0.235. The number of aryl methyl sites for hydroxylation is 1. The first-order valence-electron chi connectivity index (χ1n) is 7.39. The first-order valence-corrected chi connectivity index (χ1v) is 8.27. The molecule has 0 aliphatic carbocycles. The lowest BCUT2D eigenvalue weighted by Crippen LogP contribution is -2.14. The molecule has 0 amide bonds. The van der Waals surface area contributed by atoms with Gasteiger partial charge in [0.05, 0.1) is 5.25 Å². The predicted octanol–water partition coefficient (Wildman–Crippen LogP) is 3.62. The van der Waals surface area contributed by atoms with E-state index in [4.69, 9.17) is 0 Å². The number of nitrogens with one attached hydrogen (secondary N) is 1. The number of allylic oxidation sites excluding steroid dienone is 1. The molecule has 6 heteroatoms. The molecule has 2 aromatic heterocycles. The van der Waals surface area contributed by atoms with E-state index in [1.807, 2.05) is 42.7 Å². The molecule has 0 unspecified atom stereocenters. The largest absolute Gasteiger partial charge is 0.360 e. The number of thioether (sulfide) groups is 1. The molecule has 3 rings (SSSR count). The van der Waals surface area contributed by atoms with Crippen LogP contribution in [0, 0.1) is 6.92 Å². The maximum Gasteiger partial charge on any atom is 0.192 e. The van der Waals surface area contributed by atoms with E-state index in [-0.39, 0.29) is 11.0 Å². The number of hydrogen-bond donors (Lipinski definition) is 1. The topological polar surface area (TPSA) is 63.6 Å². The van der Waals surface area contributed by atoms with Gasteiger partial charge in [0.25, 0.3) is 0 Å². The minimum Gasteiger partial charge on any atom is -0.360 e. The second kappa shape index (κ2) is 6.42. The molecule has 0 saturated carbocycles. The van der Waals surface area contributed by atoms with Crippen LogP contribution in [0.2, 0.25) is 0 Å². The van der Waals surface area contributed by atoms with Crippen molar-refractivity contribution in [3.05, 3.63) is 54.5 Å². The summed E-state index contributed by atoms with van der Waals surface area (Å²) in [5.74, 6) is 0.900. The Balaban J connectivity index is 1.84. The van der Waals surface area contributed by atoms with E-state index in [9.17, 15) is 4.79 Å². The van der Waals surface area contributed by atoms with Crippen LogP contribution < -0.4 is 0 Å². The van der Waals surface area contributed by atoms with E-state index in [0.717, 1.165) is 21.9 Å². The summed E-state index contributed by atoms with van der Waals surface area (Å²) in [4.78, 5) is 15.9. The monoisotopic (exact) mass is 326 g/mol. The summed E-state index contributed by atoms with van der Waals surface area (Å²) in [6, 6.07) is 7.81. The standard InChI is InChI=1S/C17H18N4OS/c1-4-9-21-12(3)19-20-17(21)23-11(2)16(22)14-10-18-15-8-6-5-7-13(14)15/h4-8,10-11,18H,1,9H2,2-3H3/t11-/m1/s1. The lowest BCUT2D eigenvalue weighted by atomic mass is 10.1. The molecule has 0 fully saturated rings. The van der Waals surface area contributed by atoms with Crippen molar-refractivity contribution >= 4 is 28.4 Å². The number of carbonyl (C=O) groups is 1. The summed E-state index contributed by atoms with van der Waals surface area (Å²) in [7, 11) is 0. The molecule has 0 aliphatic heterocycles. The molecule has 118 valence electrons. The Labute approximate surface area is 138 Å². The molecular weight excluding hydrogens is 308 g/mol. The molecule has 0 radical (unpaired) electrons. The highest BCUT2D eigenvalue weighted by Gasteiger charge is 2.22. The summed E-state index contributed by atoms with van der Waals surface area (Å²) < 4.78 is 1.96. The number of carbonyl (C=O) groups excluding carboxylic acids is 1. The van der Waals surface area contributed by atoms with Gasteiger partial charge in [-0.2, -0.15) is 0 Å². The number of hydrogen-bond acceptors (Lipinski definition) is 4. The van der Waals surface area contributed by atoms with Crippen molar-refractivity contribution in [1.29, 1.82) is 0 Å². The fourth-order valence-electron chi connectivity index (χ4n) is 2.49. The van der Waals surface area contributed by atoms with Crippen LogP contribution in [0.25, 0.3) is 10.9 Å². The smallest absolute Gasteiger partial charge is 0.192 e. The number of ketones is 1. The van der Waals surface area contributed by atoms with Gasteiger partial charge in [0.1, 0.15) is 5.82 Å². The Morgan fingerprint density at radius 1 is 1.43 bits per heavy atom. The molecule has 5 nitrogen and oxygen atoms in total. The van der Waals surface area contributed by atoms with Gasteiger partial charge in [-0.3, -0.25) is 4.79 Å². The zero-order chi connectivity index (χ0) is 16.4. The highest BCUT2D eigenvalue weighted by atomic mass is 32.2. The molecule has 2 heterocycles. The molecule has 1 atom stereocenters. The Kier molecular flexibility index (Phi) is 4.34. The van der Waals surface area contributed by atoms with Gasteiger partial charge < -0.3 is 9.55 Å². The molecule has 0 aliphatic rings. The molecule has 23 heavy (non-hydrogen) atoms. The normalized spacial score (nSPS) is 12.4. The highest BCUT2D eigenvalue weighted by Crippen LogP contribution is 2.27. The van der Waals surface area contributed by atoms with Gasteiger partial charge in [0, 0.05) is 29.2 Å². The zero-order valence-electron chi connectivity index (χ0n) is 13.1. The second-order valence-electron chi connectivity index (χ2n) is 5.30. The molecule has 3 aromatic rings.